The van der Waals surface area contributed by atoms with Gasteiger partial charge in [0.2, 0.25) is 0 Å². The highest BCUT2D eigenvalue weighted by molar-refractivity contribution is 8.14. The Balaban J connectivity index is 2.16. The van der Waals surface area contributed by atoms with Gasteiger partial charge in [0.15, 0.2) is 5.17 Å². The van der Waals surface area contributed by atoms with Crippen molar-refractivity contribution in [3.05, 3.63) is 0 Å². The van der Waals surface area contributed by atoms with E-state index in [9.17, 15) is 0 Å². The smallest absolute Gasteiger partial charge is 0.157 e. The van der Waals surface area contributed by atoms with Gasteiger partial charge in [0, 0.05) is 11.3 Å². The van der Waals surface area contributed by atoms with E-state index in [-0.39, 0.29) is 0 Å². The second-order valence-electron chi connectivity index (χ2n) is 5.56. The summed E-state index contributed by atoms with van der Waals surface area (Å²) in [5, 5.41) is 5.44. The molecule has 0 bridgehead atoms. The number of rotatable bonds is 7. The molecule has 1 aliphatic rings. The Bertz CT molecular complexity index is 238. The minimum atomic E-state index is 0.575. The Kier molecular flexibility index (Phi) is 7.02. The maximum absolute atomic E-state index is 4.61. The summed E-state index contributed by atoms with van der Waals surface area (Å²) in [6, 6.07) is 0.575. The Morgan fingerprint density at radius 2 is 2.12 bits per heavy atom. The molecule has 0 aromatic heterocycles. The van der Waals surface area contributed by atoms with Crippen molar-refractivity contribution in [3.8, 4) is 0 Å². The van der Waals surface area contributed by atoms with Crippen molar-refractivity contribution in [1.82, 2.24) is 5.32 Å². The molecule has 2 unspecified atom stereocenters. The molecule has 0 fully saturated rings. The van der Waals surface area contributed by atoms with Gasteiger partial charge >= 0.3 is 0 Å². The molecule has 0 saturated heterocycles. The fourth-order valence-corrected chi connectivity index (χ4v) is 3.49. The van der Waals surface area contributed by atoms with Crippen LogP contribution in [-0.4, -0.2) is 23.0 Å². The fourth-order valence-electron chi connectivity index (χ4n) is 2.13. The minimum absolute atomic E-state index is 0.575. The van der Waals surface area contributed by atoms with Crippen LogP contribution in [0.5, 0.6) is 0 Å². The van der Waals surface area contributed by atoms with Crippen molar-refractivity contribution < 1.29 is 0 Å². The first-order valence-electron chi connectivity index (χ1n) is 7.09. The summed E-state index contributed by atoms with van der Waals surface area (Å²) in [5.74, 6) is 0.782. The zero-order chi connectivity index (χ0) is 12.7. The Hall–Kier alpha value is -0.180. The Morgan fingerprint density at radius 3 is 2.76 bits per heavy atom. The predicted octanol–water partition coefficient (Wildman–Crippen LogP) is 4.06. The predicted molar refractivity (Wildman–Crippen MR) is 79.9 cm³/mol. The second-order valence-corrected chi connectivity index (χ2v) is 6.85. The van der Waals surface area contributed by atoms with Crippen molar-refractivity contribution >= 4 is 16.9 Å². The molecule has 1 rings (SSSR count). The molecule has 3 heteroatoms. The lowest BCUT2D eigenvalue weighted by atomic mass is 10.1. The number of thioether (sulfide) groups is 1. The van der Waals surface area contributed by atoms with Gasteiger partial charge in [0.1, 0.15) is 0 Å². The molecule has 1 N–H and O–H groups in total. The first-order chi connectivity index (χ1) is 8.11. The minimum Gasteiger partial charge on any atom is -0.362 e. The summed E-state index contributed by atoms with van der Waals surface area (Å²) in [5.41, 5.74) is 0. The fraction of sp³-hybridized carbons (Fsp3) is 0.929. The molecule has 0 saturated carbocycles. The zero-order valence-corrected chi connectivity index (χ0v) is 12.6. The molecule has 2 atom stereocenters. The van der Waals surface area contributed by atoms with E-state index in [2.05, 4.69) is 38.0 Å². The zero-order valence-electron chi connectivity index (χ0n) is 11.8. The van der Waals surface area contributed by atoms with E-state index in [1.165, 1.54) is 37.3 Å². The van der Waals surface area contributed by atoms with Crippen LogP contribution in [0.1, 0.15) is 59.8 Å². The molecule has 0 aromatic rings. The quantitative estimate of drug-likeness (QED) is 0.695. The van der Waals surface area contributed by atoms with E-state index in [1.54, 1.807) is 0 Å². The number of nitrogens with zero attached hydrogens (tertiary/aromatic N) is 1. The van der Waals surface area contributed by atoms with Gasteiger partial charge in [-0.25, -0.2) is 0 Å². The van der Waals surface area contributed by atoms with Gasteiger partial charge in [-0.05, 0) is 25.7 Å². The third-order valence-corrected chi connectivity index (χ3v) is 4.21. The Morgan fingerprint density at radius 1 is 1.35 bits per heavy atom. The molecule has 17 heavy (non-hydrogen) atoms. The van der Waals surface area contributed by atoms with Gasteiger partial charge in [-0.1, -0.05) is 51.8 Å². The Labute approximate surface area is 111 Å². The number of hydrogen-bond acceptors (Lipinski definition) is 3. The molecule has 1 heterocycles. The van der Waals surface area contributed by atoms with Crippen LogP contribution in [0.25, 0.3) is 0 Å². The molecule has 0 radical (unpaired) electrons. The molecule has 0 amide bonds. The van der Waals surface area contributed by atoms with E-state index >= 15 is 0 Å². The van der Waals surface area contributed by atoms with Crippen LogP contribution < -0.4 is 5.32 Å². The molecule has 1 aliphatic heterocycles. The summed E-state index contributed by atoms with van der Waals surface area (Å²) in [6.07, 6.45) is 6.53. The second kappa shape index (κ2) is 8.02. The lowest BCUT2D eigenvalue weighted by Gasteiger charge is -2.15. The van der Waals surface area contributed by atoms with Gasteiger partial charge in [0.25, 0.3) is 0 Å². The summed E-state index contributed by atoms with van der Waals surface area (Å²) < 4.78 is 0. The third-order valence-electron chi connectivity index (χ3n) is 3.06. The third kappa shape index (κ3) is 6.35. The van der Waals surface area contributed by atoms with Crippen LogP contribution in [0.15, 0.2) is 4.99 Å². The lowest BCUT2D eigenvalue weighted by molar-refractivity contribution is 0.556. The molecule has 0 spiro atoms. The topological polar surface area (TPSA) is 24.4 Å². The first kappa shape index (κ1) is 14.9. The molecule has 2 nitrogen and oxygen atoms in total. The van der Waals surface area contributed by atoms with E-state index < -0.39 is 0 Å². The van der Waals surface area contributed by atoms with Gasteiger partial charge in [-0.2, -0.15) is 0 Å². The summed E-state index contributed by atoms with van der Waals surface area (Å²) in [4.78, 5) is 4.61. The van der Waals surface area contributed by atoms with E-state index in [1.807, 2.05) is 11.8 Å². The van der Waals surface area contributed by atoms with E-state index in [0.717, 1.165) is 12.5 Å². The highest BCUT2D eigenvalue weighted by Gasteiger charge is 2.21. The van der Waals surface area contributed by atoms with Crippen molar-refractivity contribution in [2.24, 2.45) is 10.9 Å². The van der Waals surface area contributed by atoms with Gasteiger partial charge < -0.3 is 5.32 Å². The van der Waals surface area contributed by atoms with Crippen molar-refractivity contribution in [2.45, 2.75) is 71.1 Å². The van der Waals surface area contributed by atoms with Crippen LogP contribution >= 0.6 is 11.8 Å². The lowest BCUT2D eigenvalue weighted by Crippen LogP contribution is -2.30. The van der Waals surface area contributed by atoms with Crippen molar-refractivity contribution in [2.75, 3.05) is 6.54 Å². The molecule has 0 aromatic carbocycles. The first-order valence-corrected chi connectivity index (χ1v) is 7.97. The van der Waals surface area contributed by atoms with Crippen LogP contribution in [-0.2, 0) is 0 Å². The van der Waals surface area contributed by atoms with Crippen molar-refractivity contribution in [1.29, 1.82) is 0 Å². The SMILES string of the molecule is CCCCCC(C)NC1=NCC(CC(C)C)S1. The molecule has 100 valence electrons. The van der Waals surface area contributed by atoms with Crippen molar-refractivity contribution in [3.63, 3.8) is 0 Å². The summed E-state index contributed by atoms with van der Waals surface area (Å²) >= 11 is 1.95. The summed E-state index contributed by atoms with van der Waals surface area (Å²) in [6.45, 7) is 10.1. The van der Waals surface area contributed by atoms with Gasteiger partial charge in [-0.3, -0.25) is 4.99 Å². The molecule has 0 aliphatic carbocycles. The number of unbranched alkanes of at least 4 members (excludes halogenated alkanes) is 2. The summed E-state index contributed by atoms with van der Waals surface area (Å²) in [7, 11) is 0. The highest BCUT2D eigenvalue weighted by Crippen LogP contribution is 2.25. The van der Waals surface area contributed by atoms with Crippen LogP contribution in [0.4, 0.5) is 0 Å². The number of hydrogen-bond donors (Lipinski definition) is 1. The maximum Gasteiger partial charge on any atom is 0.157 e. The van der Waals surface area contributed by atoms with Crippen LogP contribution in [0, 0.1) is 5.92 Å². The average Bonchev–Trinajstić information content (AvgIpc) is 2.64. The van der Waals surface area contributed by atoms with E-state index in [4.69, 9.17) is 0 Å². The molecular weight excluding hydrogens is 228 g/mol. The number of nitrogens with one attached hydrogen (secondary N) is 1. The van der Waals surface area contributed by atoms with Gasteiger partial charge in [-0.15, -0.1) is 0 Å². The van der Waals surface area contributed by atoms with E-state index in [0.29, 0.717) is 11.3 Å². The standard InChI is InChI=1S/C14H28N2S/c1-5-6-7-8-12(4)16-14-15-10-13(17-14)9-11(2)3/h11-13H,5-10H2,1-4H3,(H,15,16). The van der Waals surface area contributed by atoms with Crippen LogP contribution in [0.2, 0.25) is 0 Å². The van der Waals surface area contributed by atoms with Gasteiger partial charge in [0.05, 0.1) is 6.54 Å². The normalized spacial score (nSPS) is 21.7. The highest BCUT2D eigenvalue weighted by atomic mass is 32.2. The number of aliphatic imine (C=N–C) groups is 1. The number of amidine groups is 1. The van der Waals surface area contributed by atoms with Crippen LogP contribution in [0.3, 0.4) is 0 Å². The maximum atomic E-state index is 4.61. The monoisotopic (exact) mass is 256 g/mol. The average molecular weight is 256 g/mol. The largest absolute Gasteiger partial charge is 0.362 e. The molecular formula is C14H28N2S.